The molecule has 1 aliphatic carbocycles. The minimum atomic E-state index is -0.447. The van der Waals surface area contributed by atoms with E-state index in [-0.39, 0.29) is 5.56 Å². The van der Waals surface area contributed by atoms with Gasteiger partial charge in [-0.25, -0.2) is 4.98 Å². The highest BCUT2D eigenvalue weighted by Gasteiger charge is 2.42. The third-order valence-corrected chi connectivity index (χ3v) is 5.47. The van der Waals surface area contributed by atoms with Crippen LogP contribution in [-0.2, 0) is 16.8 Å². The van der Waals surface area contributed by atoms with Gasteiger partial charge >= 0.3 is 0 Å². The van der Waals surface area contributed by atoms with Crippen LogP contribution in [-0.4, -0.2) is 17.1 Å². The molecule has 0 aromatic carbocycles. The fraction of sp³-hybridized carbons (Fsp3) is 0.750. The summed E-state index contributed by atoms with van der Waals surface area (Å²) in [5.41, 5.74) is 0.615. The molecule has 5 heteroatoms. The van der Waals surface area contributed by atoms with Gasteiger partial charge in [-0.1, -0.05) is 27.2 Å². The molecular formula is C16H25BrN2O2. The monoisotopic (exact) mass is 356 g/mol. The maximum atomic E-state index is 12.2. The maximum Gasteiger partial charge on any atom is 0.265 e. The highest BCUT2D eigenvalue weighted by atomic mass is 79.9. The van der Waals surface area contributed by atoms with Crippen molar-refractivity contribution < 1.29 is 4.74 Å². The van der Waals surface area contributed by atoms with Crippen LogP contribution < -0.4 is 5.56 Å². The van der Waals surface area contributed by atoms with E-state index in [9.17, 15) is 4.79 Å². The number of hydrogen-bond donors (Lipinski definition) is 1. The Morgan fingerprint density at radius 2 is 1.90 bits per heavy atom. The van der Waals surface area contributed by atoms with Crippen molar-refractivity contribution in [2.75, 3.05) is 7.11 Å². The van der Waals surface area contributed by atoms with Crippen molar-refractivity contribution >= 4 is 15.9 Å². The number of rotatable bonds is 4. The number of H-pyrrole nitrogens is 1. The molecular weight excluding hydrogens is 332 g/mol. The van der Waals surface area contributed by atoms with E-state index in [1.54, 1.807) is 7.11 Å². The van der Waals surface area contributed by atoms with Gasteiger partial charge in [0, 0.05) is 7.11 Å². The van der Waals surface area contributed by atoms with Crippen LogP contribution in [0.25, 0.3) is 0 Å². The second-order valence-electron chi connectivity index (χ2n) is 6.79. The first-order valence-corrected chi connectivity index (χ1v) is 8.47. The van der Waals surface area contributed by atoms with Crippen molar-refractivity contribution in [2.45, 2.75) is 64.9 Å². The first-order chi connectivity index (χ1) is 9.83. The van der Waals surface area contributed by atoms with Crippen molar-refractivity contribution in [1.29, 1.82) is 0 Å². The van der Waals surface area contributed by atoms with Crippen LogP contribution in [0, 0.1) is 5.41 Å². The van der Waals surface area contributed by atoms with E-state index in [4.69, 9.17) is 9.72 Å². The molecule has 1 heterocycles. The predicted molar refractivity (Wildman–Crippen MR) is 87.5 cm³/mol. The molecule has 0 atom stereocenters. The summed E-state index contributed by atoms with van der Waals surface area (Å²) in [5.74, 6) is 0.692. The maximum absolute atomic E-state index is 12.2. The Labute approximate surface area is 134 Å². The van der Waals surface area contributed by atoms with Gasteiger partial charge in [0.05, 0.1) is 5.69 Å². The molecule has 1 saturated carbocycles. The molecule has 1 N–H and O–H groups in total. The summed E-state index contributed by atoms with van der Waals surface area (Å²) < 4.78 is 6.39. The summed E-state index contributed by atoms with van der Waals surface area (Å²) in [7, 11) is 1.72. The highest BCUT2D eigenvalue weighted by Crippen LogP contribution is 2.46. The molecule has 0 unspecified atom stereocenters. The van der Waals surface area contributed by atoms with Gasteiger partial charge in [0.2, 0.25) is 0 Å². The van der Waals surface area contributed by atoms with Crippen molar-refractivity contribution in [3.05, 3.63) is 26.3 Å². The number of methoxy groups -OCH3 is 1. The summed E-state index contributed by atoms with van der Waals surface area (Å²) >= 11 is 3.35. The van der Waals surface area contributed by atoms with Crippen LogP contribution in [0.4, 0.5) is 0 Å². The lowest BCUT2D eigenvalue weighted by molar-refractivity contribution is -0.0732. The number of ether oxygens (including phenoxy) is 1. The number of aromatic nitrogens is 2. The Hall–Kier alpha value is -0.680. The van der Waals surface area contributed by atoms with Gasteiger partial charge in [-0.2, -0.15) is 0 Å². The van der Waals surface area contributed by atoms with E-state index >= 15 is 0 Å². The van der Waals surface area contributed by atoms with Gasteiger partial charge < -0.3 is 9.72 Å². The van der Waals surface area contributed by atoms with Crippen LogP contribution in [0.3, 0.4) is 0 Å². The number of nitrogens with zero attached hydrogens (tertiary/aromatic N) is 1. The summed E-state index contributed by atoms with van der Waals surface area (Å²) in [6.45, 7) is 6.66. The average Bonchev–Trinajstić information content (AvgIpc) is 2.44. The van der Waals surface area contributed by atoms with Crippen LogP contribution in [0.5, 0.6) is 0 Å². The summed E-state index contributed by atoms with van der Waals surface area (Å²) in [6.07, 6.45) is 5.69. The molecule has 1 aromatic rings. The van der Waals surface area contributed by atoms with E-state index in [0.29, 0.717) is 15.7 Å². The van der Waals surface area contributed by atoms with Gasteiger partial charge in [0.25, 0.3) is 5.56 Å². The lowest BCUT2D eigenvalue weighted by Crippen LogP contribution is -2.39. The fourth-order valence-electron chi connectivity index (χ4n) is 2.99. The number of hydrogen-bond acceptors (Lipinski definition) is 3. The van der Waals surface area contributed by atoms with E-state index < -0.39 is 5.60 Å². The van der Waals surface area contributed by atoms with Gasteiger partial charge in [0.1, 0.15) is 15.9 Å². The van der Waals surface area contributed by atoms with Crippen LogP contribution in [0.1, 0.15) is 64.4 Å². The topological polar surface area (TPSA) is 55.0 Å². The van der Waals surface area contributed by atoms with Crippen molar-refractivity contribution in [3.8, 4) is 0 Å². The molecule has 118 valence electrons. The summed E-state index contributed by atoms with van der Waals surface area (Å²) in [6, 6.07) is 0. The van der Waals surface area contributed by atoms with Crippen LogP contribution in [0.2, 0.25) is 0 Å². The van der Waals surface area contributed by atoms with Crippen LogP contribution >= 0.6 is 15.9 Å². The number of nitrogens with one attached hydrogen (secondary N) is 1. The van der Waals surface area contributed by atoms with Crippen molar-refractivity contribution in [3.63, 3.8) is 0 Å². The molecule has 0 bridgehead atoms. The second-order valence-corrected chi connectivity index (χ2v) is 7.58. The minimum Gasteiger partial charge on any atom is -0.370 e. The number of aryl methyl sites for hydroxylation is 1. The zero-order valence-corrected chi connectivity index (χ0v) is 15.0. The largest absolute Gasteiger partial charge is 0.370 e. The van der Waals surface area contributed by atoms with Crippen molar-refractivity contribution in [1.82, 2.24) is 9.97 Å². The highest BCUT2D eigenvalue weighted by molar-refractivity contribution is 9.10. The Kier molecular flexibility index (Phi) is 4.93. The molecule has 4 nitrogen and oxygen atoms in total. The SMILES string of the molecule is CCCc1nc(C2(OC)CCC(C)(C)CC2)[nH]c(=O)c1Br. The molecule has 0 spiro atoms. The zero-order valence-electron chi connectivity index (χ0n) is 13.4. The molecule has 1 aliphatic rings. The zero-order chi connectivity index (χ0) is 15.7. The first-order valence-electron chi connectivity index (χ1n) is 7.68. The smallest absolute Gasteiger partial charge is 0.265 e. The van der Waals surface area contributed by atoms with Gasteiger partial charge in [-0.3, -0.25) is 4.79 Å². The average molecular weight is 357 g/mol. The normalized spacial score (nSPS) is 20.4. The molecule has 2 rings (SSSR count). The Morgan fingerprint density at radius 3 is 2.43 bits per heavy atom. The van der Waals surface area contributed by atoms with Gasteiger partial charge in [-0.05, 0) is 53.4 Å². The molecule has 0 amide bonds. The first kappa shape index (κ1) is 16.7. The Bertz CT molecular complexity index is 556. The Morgan fingerprint density at radius 1 is 1.29 bits per heavy atom. The summed E-state index contributed by atoms with van der Waals surface area (Å²) in [4.78, 5) is 19.8. The molecule has 0 saturated heterocycles. The molecule has 0 radical (unpaired) electrons. The van der Waals surface area contributed by atoms with E-state index in [2.05, 4.69) is 41.7 Å². The van der Waals surface area contributed by atoms with E-state index in [1.807, 2.05) is 0 Å². The third kappa shape index (κ3) is 3.39. The lowest BCUT2D eigenvalue weighted by atomic mass is 9.70. The molecule has 1 fully saturated rings. The fourth-order valence-corrected chi connectivity index (χ4v) is 3.38. The summed E-state index contributed by atoms with van der Waals surface area (Å²) in [5, 5.41) is 0. The minimum absolute atomic E-state index is 0.107. The van der Waals surface area contributed by atoms with Crippen molar-refractivity contribution in [2.24, 2.45) is 5.41 Å². The molecule has 0 aliphatic heterocycles. The van der Waals surface area contributed by atoms with Gasteiger partial charge in [0.15, 0.2) is 0 Å². The number of aromatic amines is 1. The Balaban J connectivity index is 2.41. The van der Waals surface area contributed by atoms with E-state index in [1.165, 1.54) is 0 Å². The second kappa shape index (κ2) is 6.21. The standard InChI is InChI=1S/C16H25BrN2O2/c1-5-6-11-12(17)13(20)19-14(18-11)16(21-4)9-7-15(2,3)8-10-16/h5-10H2,1-4H3,(H,18,19,20). The lowest BCUT2D eigenvalue weighted by Gasteiger charge is -2.41. The molecule has 1 aromatic heterocycles. The van der Waals surface area contributed by atoms with E-state index in [0.717, 1.165) is 44.2 Å². The van der Waals surface area contributed by atoms with Gasteiger partial charge in [-0.15, -0.1) is 0 Å². The quantitative estimate of drug-likeness (QED) is 0.888. The van der Waals surface area contributed by atoms with Crippen LogP contribution in [0.15, 0.2) is 9.27 Å². The predicted octanol–water partition coefficient (Wildman–Crippen LogP) is 3.93. The number of halogens is 1. The molecule has 21 heavy (non-hydrogen) atoms. The third-order valence-electron chi connectivity index (χ3n) is 4.65.